The third-order valence-corrected chi connectivity index (χ3v) is 5.59. The molecule has 7 nitrogen and oxygen atoms in total. The number of rotatable bonds is 9. The molecular weight excluding hydrogens is 394 g/mol. The standard InChI is InChI=1S/C24H33N3O4/c1-26(2)20-8-6-19(7-9-20)21(27-11-13-31-14-12-27)17-25-24(28)16-18-5-10-22(29-3)23(15-18)30-4/h5-10,15,21H,11-14,16-17H2,1-4H3,(H,25,28)/t21-/m0/s1. The van der Waals surface area contributed by atoms with E-state index in [1.54, 1.807) is 14.2 Å². The lowest BCUT2D eigenvalue weighted by Crippen LogP contribution is -2.44. The first kappa shape index (κ1) is 22.9. The van der Waals surface area contributed by atoms with Crippen molar-refractivity contribution in [2.45, 2.75) is 12.5 Å². The minimum Gasteiger partial charge on any atom is -0.493 e. The number of hydrogen-bond acceptors (Lipinski definition) is 6. The summed E-state index contributed by atoms with van der Waals surface area (Å²) in [6, 6.07) is 14.2. The van der Waals surface area contributed by atoms with Crippen molar-refractivity contribution < 1.29 is 19.0 Å². The SMILES string of the molecule is COc1ccc(CC(=O)NC[C@@H](c2ccc(N(C)C)cc2)N2CCOCC2)cc1OC. The predicted octanol–water partition coefficient (Wildman–Crippen LogP) is 2.50. The van der Waals surface area contributed by atoms with Crippen molar-refractivity contribution in [2.75, 3.05) is 66.1 Å². The van der Waals surface area contributed by atoms with Gasteiger partial charge in [0.15, 0.2) is 11.5 Å². The van der Waals surface area contributed by atoms with Crippen LogP contribution in [0.3, 0.4) is 0 Å². The largest absolute Gasteiger partial charge is 0.493 e. The molecular formula is C24H33N3O4. The molecule has 0 saturated carbocycles. The molecule has 31 heavy (non-hydrogen) atoms. The molecule has 1 aliphatic rings. The number of carbonyl (C=O) groups excluding carboxylic acids is 1. The zero-order valence-electron chi connectivity index (χ0n) is 18.9. The summed E-state index contributed by atoms with van der Waals surface area (Å²) >= 11 is 0. The van der Waals surface area contributed by atoms with Gasteiger partial charge in [-0.25, -0.2) is 0 Å². The van der Waals surface area contributed by atoms with Crippen LogP contribution in [0.15, 0.2) is 42.5 Å². The number of anilines is 1. The number of nitrogens with zero attached hydrogens (tertiary/aromatic N) is 2. The molecule has 1 aliphatic heterocycles. The van der Waals surface area contributed by atoms with E-state index < -0.39 is 0 Å². The van der Waals surface area contributed by atoms with Gasteiger partial charge in [0, 0.05) is 39.4 Å². The highest BCUT2D eigenvalue weighted by atomic mass is 16.5. The van der Waals surface area contributed by atoms with Crippen molar-refractivity contribution in [1.29, 1.82) is 0 Å². The Bertz CT molecular complexity index is 848. The maximum Gasteiger partial charge on any atom is 0.224 e. The third-order valence-electron chi connectivity index (χ3n) is 5.59. The summed E-state index contributed by atoms with van der Waals surface area (Å²) in [5.74, 6) is 1.26. The highest BCUT2D eigenvalue weighted by molar-refractivity contribution is 5.78. The molecule has 0 unspecified atom stereocenters. The monoisotopic (exact) mass is 427 g/mol. The second kappa shape index (κ2) is 11.0. The van der Waals surface area contributed by atoms with E-state index in [0.29, 0.717) is 31.3 Å². The van der Waals surface area contributed by atoms with Crippen LogP contribution in [0.4, 0.5) is 5.69 Å². The summed E-state index contributed by atoms with van der Waals surface area (Å²) in [6.07, 6.45) is 0.287. The third kappa shape index (κ3) is 6.12. The van der Waals surface area contributed by atoms with Gasteiger partial charge in [-0.1, -0.05) is 18.2 Å². The molecule has 2 aromatic carbocycles. The highest BCUT2D eigenvalue weighted by Crippen LogP contribution is 2.28. The number of hydrogen-bond donors (Lipinski definition) is 1. The molecule has 0 aliphatic carbocycles. The van der Waals surface area contributed by atoms with Crippen LogP contribution >= 0.6 is 0 Å². The van der Waals surface area contributed by atoms with Crippen LogP contribution in [-0.4, -0.2) is 72.0 Å². The summed E-state index contributed by atoms with van der Waals surface area (Å²) in [6.45, 7) is 3.68. The van der Waals surface area contributed by atoms with Crippen LogP contribution in [0.1, 0.15) is 17.2 Å². The topological polar surface area (TPSA) is 63.3 Å². The van der Waals surface area contributed by atoms with Crippen molar-refractivity contribution in [3.8, 4) is 11.5 Å². The molecule has 1 atom stereocenters. The number of nitrogens with one attached hydrogen (secondary N) is 1. The smallest absolute Gasteiger partial charge is 0.224 e. The van der Waals surface area contributed by atoms with Gasteiger partial charge in [0.2, 0.25) is 5.91 Å². The van der Waals surface area contributed by atoms with Crippen molar-refractivity contribution in [2.24, 2.45) is 0 Å². The summed E-state index contributed by atoms with van der Waals surface area (Å²) in [5, 5.41) is 3.13. The minimum absolute atomic E-state index is 0.0182. The first-order valence-corrected chi connectivity index (χ1v) is 10.6. The van der Waals surface area contributed by atoms with Crippen LogP contribution in [0, 0.1) is 0 Å². The highest BCUT2D eigenvalue weighted by Gasteiger charge is 2.23. The Labute approximate surface area is 184 Å². The Morgan fingerprint density at radius 1 is 1.06 bits per heavy atom. The molecule has 0 bridgehead atoms. The van der Waals surface area contributed by atoms with Gasteiger partial charge >= 0.3 is 0 Å². The van der Waals surface area contributed by atoms with Crippen LogP contribution in [0.2, 0.25) is 0 Å². The van der Waals surface area contributed by atoms with Gasteiger partial charge in [0.25, 0.3) is 0 Å². The molecule has 168 valence electrons. The van der Waals surface area contributed by atoms with Gasteiger partial charge in [-0.15, -0.1) is 0 Å². The summed E-state index contributed by atoms with van der Waals surface area (Å²) in [4.78, 5) is 17.2. The quantitative estimate of drug-likeness (QED) is 0.664. The molecule has 1 N–H and O–H groups in total. The van der Waals surface area contributed by atoms with Crippen molar-refractivity contribution in [3.05, 3.63) is 53.6 Å². The summed E-state index contributed by atoms with van der Waals surface area (Å²) in [5.41, 5.74) is 3.23. The lowest BCUT2D eigenvalue weighted by molar-refractivity contribution is -0.120. The van der Waals surface area contributed by atoms with E-state index >= 15 is 0 Å². The maximum absolute atomic E-state index is 12.7. The first-order valence-electron chi connectivity index (χ1n) is 10.6. The van der Waals surface area contributed by atoms with Gasteiger partial charge in [-0.3, -0.25) is 9.69 Å². The molecule has 1 fully saturated rings. The summed E-state index contributed by atoms with van der Waals surface area (Å²) < 4.78 is 16.1. The van der Waals surface area contributed by atoms with E-state index in [1.165, 1.54) is 5.56 Å². The minimum atomic E-state index is -0.0182. The number of morpholine rings is 1. The van der Waals surface area contributed by atoms with Gasteiger partial charge in [0.1, 0.15) is 0 Å². The molecule has 1 saturated heterocycles. The van der Waals surface area contributed by atoms with Crippen LogP contribution in [0.25, 0.3) is 0 Å². The van der Waals surface area contributed by atoms with Crippen LogP contribution in [0.5, 0.6) is 11.5 Å². The van der Waals surface area contributed by atoms with Crippen molar-refractivity contribution in [3.63, 3.8) is 0 Å². The van der Waals surface area contributed by atoms with Crippen LogP contribution < -0.4 is 19.7 Å². The molecule has 0 aromatic heterocycles. The van der Waals surface area contributed by atoms with E-state index in [2.05, 4.69) is 39.4 Å². The van der Waals surface area contributed by atoms with E-state index in [4.69, 9.17) is 14.2 Å². The average molecular weight is 428 g/mol. The Hall–Kier alpha value is -2.77. The van der Waals surface area contributed by atoms with Gasteiger partial charge < -0.3 is 24.4 Å². The zero-order valence-corrected chi connectivity index (χ0v) is 18.9. The Balaban J connectivity index is 1.67. The molecule has 3 rings (SSSR count). The fraction of sp³-hybridized carbons (Fsp3) is 0.458. The summed E-state index contributed by atoms with van der Waals surface area (Å²) in [7, 11) is 7.25. The average Bonchev–Trinajstić information content (AvgIpc) is 2.80. The fourth-order valence-electron chi connectivity index (χ4n) is 3.79. The number of ether oxygens (including phenoxy) is 3. The van der Waals surface area contributed by atoms with E-state index in [0.717, 1.165) is 24.3 Å². The molecule has 1 heterocycles. The fourth-order valence-corrected chi connectivity index (χ4v) is 3.79. The van der Waals surface area contributed by atoms with Gasteiger partial charge in [0.05, 0.1) is 39.9 Å². The van der Waals surface area contributed by atoms with E-state index in [-0.39, 0.29) is 18.4 Å². The molecule has 1 amide bonds. The number of amides is 1. The number of carbonyl (C=O) groups is 1. The molecule has 0 radical (unpaired) electrons. The molecule has 2 aromatic rings. The number of benzene rings is 2. The lowest BCUT2D eigenvalue weighted by atomic mass is 10.0. The van der Waals surface area contributed by atoms with Crippen molar-refractivity contribution in [1.82, 2.24) is 10.2 Å². The second-order valence-electron chi connectivity index (χ2n) is 7.82. The number of methoxy groups -OCH3 is 2. The van der Waals surface area contributed by atoms with Gasteiger partial charge in [-0.05, 0) is 35.4 Å². The van der Waals surface area contributed by atoms with Crippen LogP contribution in [-0.2, 0) is 16.0 Å². The molecule has 0 spiro atoms. The maximum atomic E-state index is 12.7. The van der Waals surface area contributed by atoms with E-state index in [9.17, 15) is 4.79 Å². The predicted molar refractivity (Wildman–Crippen MR) is 122 cm³/mol. The Morgan fingerprint density at radius 2 is 1.74 bits per heavy atom. The Morgan fingerprint density at radius 3 is 2.35 bits per heavy atom. The lowest BCUT2D eigenvalue weighted by Gasteiger charge is -2.35. The van der Waals surface area contributed by atoms with E-state index in [1.807, 2.05) is 32.3 Å². The second-order valence-corrected chi connectivity index (χ2v) is 7.82. The van der Waals surface area contributed by atoms with Crippen molar-refractivity contribution >= 4 is 11.6 Å². The Kier molecular flexibility index (Phi) is 8.14. The first-order chi connectivity index (χ1) is 15.0. The van der Waals surface area contributed by atoms with Gasteiger partial charge in [-0.2, -0.15) is 0 Å². The normalized spacial score (nSPS) is 15.2. The zero-order chi connectivity index (χ0) is 22.2. The molecule has 7 heteroatoms.